The quantitative estimate of drug-likeness (QED) is 0.515. The minimum absolute atomic E-state index is 0.267. The zero-order valence-corrected chi connectivity index (χ0v) is 7.11. The lowest BCUT2D eigenvalue weighted by molar-refractivity contribution is 0.130. The van der Waals surface area contributed by atoms with E-state index in [1.165, 1.54) is 12.3 Å². The van der Waals surface area contributed by atoms with Gasteiger partial charge >= 0.3 is 0 Å². The Morgan fingerprint density at radius 3 is 2.85 bits per heavy atom. The molecular weight excluding hydrogens is 169 g/mol. The van der Waals surface area contributed by atoms with Gasteiger partial charge in [-0.05, 0) is 18.9 Å². The van der Waals surface area contributed by atoms with Crippen LogP contribution < -0.4 is 0 Å². The Labute approximate surface area is 76.0 Å². The Morgan fingerprint density at radius 2 is 2.15 bits per heavy atom. The maximum Gasteiger partial charge on any atom is 0.132 e. The molecule has 1 aromatic rings. The second-order valence-corrected chi connectivity index (χ2v) is 3.06. The van der Waals surface area contributed by atoms with Crippen molar-refractivity contribution in [2.45, 2.75) is 18.9 Å². The van der Waals surface area contributed by atoms with E-state index in [4.69, 9.17) is 4.84 Å². The number of benzene rings is 1. The molecular formula is C10H10FNO. The molecule has 1 aromatic carbocycles. The van der Waals surface area contributed by atoms with Crippen molar-refractivity contribution in [3.63, 3.8) is 0 Å². The zero-order valence-electron chi connectivity index (χ0n) is 7.11. The molecule has 0 saturated heterocycles. The van der Waals surface area contributed by atoms with Crippen LogP contribution in [-0.2, 0) is 4.84 Å². The number of hydrogen-bond donors (Lipinski definition) is 0. The summed E-state index contributed by atoms with van der Waals surface area (Å²) in [6, 6.07) is 6.48. The van der Waals surface area contributed by atoms with Crippen LogP contribution >= 0.6 is 0 Å². The smallest absolute Gasteiger partial charge is 0.132 e. The van der Waals surface area contributed by atoms with Gasteiger partial charge in [-0.1, -0.05) is 23.4 Å². The Balaban J connectivity index is 1.99. The van der Waals surface area contributed by atoms with E-state index in [1.807, 2.05) is 0 Å². The highest BCUT2D eigenvalue weighted by Gasteiger charge is 2.23. The fraction of sp³-hybridized carbons (Fsp3) is 0.300. The minimum atomic E-state index is -0.273. The topological polar surface area (TPSA) is 21.6 Å². The van der Waals surface area contributed by atoms with Crippen LogP contribution in [0.25, 0.3) is 0 Å². The second kappa shape index (κ2) is 3.56. The fourth-order valence-electron chi connectivity index (χ4n) is 0.927. The lowest BCUT2D eigenvalue weighted by atomic mass is 10.2. The fourth-order valence-corrected chi connectivity index (χ4v) is 0.927. The average Bonchev–Trinajstić information content (AvgIpc) is 2.92. The van der Waals surface area contributed by atoms with Gasteiger partial charge in [0.2, 0.25) is 0 Å². The van der Waals surface area contributed by atoms with Crippen molar-refractivity contribution in [3.8, 4) is 0 Å². The molecule has 0 N–H and O–H groups in total. The molecule has 1 aliphatic rings. The molecule has 68 valence electrons. The third kappa shape index (κ3) is 2.28. The molecule has 0 radical (unpaired) electrons. The van der Waals surface area contributed by atoms with E-state index in [0.29, 0.717) is 5.56 Å². The first-order valence-corrected chi connectivity index (χ1v) is 4.30. The molecule has 0 spiro atoms. The zero-order chi connectivity index (χ0) is 9.10. The highest BCUT2D eigenvalue weighted by Crippen LogP contribution is 2.23. The maximum atomic E-state index is 13.0. The summed E-state index contributed by atoms with van der Waals surface area (Å²) in [6.07, 6.45) is 3.81. The summed E-state index contributed by atoms with van der Waals surface area (Å²) in [5.41, 5.74) is 0.461. The van der Waals surface area contributed by atoms with Crippen LogP contribution in [0.1, 0.15) is 18.4 Å². The van der Waals surface area contributed by atoms with E-state index in [0.717, 1.165) is 12.8 Å². The number of oxime groups is 1. The van der Waals surface area contributed by atoms with Crippen LogP contribution in [0.2, 0.25) is 0 Å². The van der Waals surface area contributed by atoms with Crippen LogP contribution in [0.15, 0.2) is 29.4 Å². The molecule has 0 heterocycles. The van der Waals surface area contributed by atoms with E-state index >= 15 is 0 Å². The third-order valence-electron chi connectivity index (χ3n) is 1.83. The van der Waals surface area contributed by atoms with Crippen molar-refractivity contribution < 1.29 is 9.23 Å². The minimum Gasteiger partial charge on any atom is -0.392 e. The molecule has 1 fully saturated rings. The predicted molar refractivity (Wildman–Crippen MR) is 48.1 cm³/mol. The molecule has 13 heavy (non-hydrogen) atoms. The molecule has 0 atom stereocenters. The Kier molecular flexibility index (Phi) is 2.25. The number of halogens is 1. The first-order chi connectivity index (χ1) is 6.36. The van der Waals surface area contributed by atoms with Gasteiger partial charge in [-0.25, -0.2) is 4.39 Å². The van der Waals surface area contributed by atoms with E-state index in [-0.39, 0.29) is 11.9 Å². The first kappa shape index (κ1) is 8.23. The monoisotopic (exact) mass is 179 g/mol. The van der Waals surface area contributed by atoms with Crippen molar-refractivity contribution in [1.82, 2.24) is 0 Å². The van der Waals surface area contributed by atoms with Crippen molar-refractivity contribution in [1.29, 1.82) is 0 Å². The Bertz CT molecular complexity index is 320. The van der Waals surface area contributed by atoms with E-state index in [2.05, 4.69) is 5.16 Å². The molecule has 1 aliphatic carbocycles. The number of rotatable bonds is 3. The summed E-state index contributed by atoms with van der Waals surface area (Å²) < 4.78 is 13.0. The highest BCUT2D eigenvalue weighted by molar-refractivity contribution is 5.79. The summed E-state index contributed by atoms with van der Waals surface area (Å²) in [6.45, 7) is 0. The van der Waals surface area contributed by atoms with Gasteiger partial charge in [-0.2, -0.15) is 0 Å². The van der Waals surface area contributed by atoms with Crippen molar-refractivity contribution in [2.75, 3.05) is 0 Å². The summed E-state index contributed by atoms with van der Waals surface area (Å²) in [7, 11) is 0. The summed E-state index contributed by atoms with van der Waals surface area (Å²) >= 11 is 0. The summed E-state index contributed by atoms with van der Waals surface area (Å²) in [5, 5.41) is 3.70. The normalized spacial score (nSPS) is 16.4. The van der Waals surface area contributed by atoms with Crippen molar-refractivity contribution in [3.05, 3.63) is 35.6 Å². The predicted octanol–water partition coefficient (Wildman–Crippen LogP) is 2.34. The molecule has 3 heteroatoms. The first-order valence-electron chi connectivity index (χ1n) is 4.30. The van der Waals surface area contributed by atoms with Gasteiger partial charge in [-0.3, -0.25) is 0 Å². The highest BCUT2D eigenvalue weighted by atomic mass is 19.1. The Hall–Kier alpha value is -1.38. The number of hydrogen-bond acceptors (Lipinski definition) is 2. The number of nitrogens with zero attached hydrogens (tertiary/aromatic N) is 1. The standard InChI is InChI=1S/C10H10FNO/c11-10-4-2-1-3-8(10)7-12-13-9-5-6-9/h1-4,7,9H,5-6H2. The summed E-state index contributed by atoms with van der Waals surface area (Å²) in [4.78, 5) is 5.01. The average molecular weight is 179 g/mol. The van der Waals surface area contributed by atoms with Gasteiger partial charge in [0.05, 0.1) is 6.21 Å². The lowest BCUT2D eigenvalue weighted by Crippen LogP contribution is -1.89. The van der Waals surface area contributed by atoms with E-state index in [1.54, 1.807) is 18.2 Å². The lowest BCUT2D eigenvalue weighted by Gasteiger charge is -1.95. The molecule has 0 aromatic heterocycles. The molecule has 2 nitrogen and oxygen atoms in total. The SMILES string of the molecule is Fc1ccccc1C=NOC1CC1. The van der Waals surface area contributed by atoms with E-state index < -0.39 is 0 Å². The van der Waals surface area contributed by atoms with Crippen LogP contribution in [-0.4, -0.2) is 12.3 Å². The molecule has 0 aliphatic heterocycles. The molecule has 0 bridgehead atoms. The largest absolute Gasteiger partial charge is 0.392 e. The van der Waals surface area contributed by atoms with Crippen molar-refractivity contribution in [2.24, 2.45) is 5.16 Å². The van der Waals surface area contributed by atoms with Gasteiger partial charge in [0.1, 0.15) is 11.9 Å². The van der Waals surface area contributed by atoms with Crippen LogP contribution in [0.5, 0.6) is 0 Å². The molecule has 0 amide bonds. The van der Waals surface area contributed by atoms with Crippen LogP contribution in [0.4, 0.5) is 4.39 Å². The van der Waals surface area contributed by atoms with E-state index in [9.17, 15) is 4.39 Å². The van der Waals surface area contributed by atoms with Crippen LogP contribution in [0, 0.1) is 5.82 Å². The third-order valence-corrected chi connectivity index (χ3v) is 1.83. The Morgan fingerprint density at radius 1 is 1.38 bits per heavy atom. The van der Waals surface area contributed by atoms with Gasteiger partial charge < -0.3 is 4.84 Å². The molecule has 0 unspecified atom stereocenters. The molecule has 1 saturated carbocycles. The van der Waals surface area contributed by atoms with Gasteiger partial charge in [-0.15, -0.1) is 0 Å². The van der Waals surface area contributed by atoms with Gasteiger partial charge in [0.15, 0.2) is 0 Å². The molecule has 2 rings (SSSR count). The van der Waals surface area contributed by atoms with Gasteiger partial charge in [0.25, 0.3) is 0 Å². The van der Waals surface area contributed by atoms with Crippen molar-refractivity contribution >= 4 is 6.21 Å². The second-order valence-electron chi connectivity index (χ2n) is 3.06. The van der Waals surface area contributed by atoms with Crippen LogP contribution in [0.3, 0.4) is 0 Å². The maximum absolute atomic E-state index is 13.0. The van der Waals surface area contributed by atoms with Gasteiger partial charge in [0, 0.05) is 5.56 Å². The summed E-state index contributed by atoms with van der Waals surface area (Å²) in [5.74, 6) is -0.273.